The maximum absolute atomic E-state index is 5.00. The molecule has 2 aromatic rings. The molecule has 1 aliphatic rings. The summed E-state index contributed by atoms with van der Waals surface area (Å²) < 4.78 is 0. The molecule has 1 aromatic carbocycles. The maximum Gasteiger partial charge on any atom is 0.0740 e. The van der Waals surface area contributed by atoms with Gasteiger partial charge >= 0.3 is 0 Å². The lowest BCUT2D eigenvalue weighted by atomic mass is 9.89. The Hall–Kier alpha value is -1.41. The fourth-order valence-electron chi connectivity index (χ4n) is 3.27. The highest BCUT2D eigenvalue weighted by Gasteiger charge is 2.18. The summed E-state index contributed by atoms with van der Waals surface area (Å²) in [6.45, 7) is 3.17. The van der Waals surface area contributed by atoms with Crippen LogP contribution in [0.4, 0.5) is 0 Å². The van der Waals surface area contributed by atoms with Crippen LogP contribution in [-0.4, -0.2) is 12.0 Å². The molecule has 0 radical (unpaired) electrons. The molecule has 3 rings (SSSR count). The Morgan fingerprint density at radius 1 is 1.21 bits per heavy atom. The summed E-state index contributed by atoms with van der Waals surface area (Å²) in [6, 6.07) is 6.63. The van der Waals surface area contributed by atoms with Crippen molar-refractivity contribution in [2.45, 2.75) is 45.6 Å². The molecule has 0 spiro atoms. The zero-order chi connectivity index (χ0) is 13.2. The number of hydrogen-bond acceptors (Lipinski definition) is 2. The van der Waals surface area contributed by atoms with Gasteiger partial charge in [-0.25, -0.2) is 0 Å². The average Bonchev–Trinajstić information content (AvgIpc) is 2.46. The van der Waals surface area contributed by atoms with Crippen LogP contribution in [0, 0.1) is 0 Å². The molecule has 0 bridgehead atoms. The van der Waals surface area contributed by atoms with Gasteiger partial charge in [-0.3, -0.25) is 4.98 Å². The normalized spacial score (nSPS) is 14.6. The first-order valence-corrected chi connectivity index (χ1v) is 7.42. The lowest BCUT2D eigenvalue weighted by Crippen LogP contribution is -2.15. The minimum atomic E-state index is 0.953. The molecule has 0 amide bonds. The first-order chi connectivity index (χ1) is 9.35. The molecule has 100 valence electrons. The number of nitrogens with zero attached hydrogens (tertiary/aromatic N) is 1. The van der Waals surface area contributed by atoms with Crippen LogP contribution in [-0.2, 0) is 25.8 Å². The van der Waals surface area contributed by atoms with E-state index in [1.807, 2.05) is 7.05 Å². The van der Waals surface area contributed by atoms with Gasteiger partial charge in [-0.1, -0.05) is 25.1 Å². The summed E-state index contributed by atoms with van der Waals surface area (Å²) in [4.78, 5) is 5.00. The highest BCUT2D eigenvalue weighted by atomic mass is 14.8. The van der Waals surface area contributed by atoms with Crippen molar-refractivity contribution in [1.82, 2.24) is 10.3 Å². The summed E-state index contributed by atoms with van der Waals surface area (Å²) in [5.41, 5.74) is 6.96. The third-order valence-electron chi connectivity index (χ3n) is 4.23. The van der Waals surface area contributed by atoms with E-state index in [1.165, 1.54) is 52.5 Å². The molecule has 0 fully saturated rings. The molecule has 1 heterocycles. The molecule has 1 aliphatic carbocycles. The Kier molecular flexibility index (Phi) is 3.52. The predicted octanol–water partition coefficient (Wildman–Crippen LogP) is 3.40. The van der Waals surface area contributed by atoms with E-state index < -0.39 is 0 Å². The Morgan fingerprint density at radius 3 is 2.84 bits per heavy atom. The van der Waals surface area contributed by atoms with E-state index in [2.05, 4.69) is 30.4 Å². The number of nitrogens with one attached hydrogen (secondary N) is 1. The van der Waals surface area contributed by atoms with Crippen molar-refractivity contribution in [1.29, 1.82) is 0 Å². The summed E-state index contributed by atoms with van der Waals surface area (Å²) in [5.74, 6) is 0. The fraction of sp³-hybridized carbons (Fsp3) is 0.471. The third-order valence-corrected chi connectivity index (χ3v) is 4.23. The van der Waals surface area contributed by atoms with E-state index in [9.17, 15) is 0 Å². The number of hydrogen-bond donors (Lipinski definition) is 1. The van der Waals surface area contributed by atoms with Crippen molar-refractivity contribution in [2.75, 3.05) is 7.05 Å². The molecule has 0 saturated heterocycles. The Labute approximate surface area is 115 Å². The van der Waals surface area contributed by atoms with Gasteiger partial charge in [0.1, 0.15) is 0 Å². The molecule has 0 saturated carbocycles. The minimum absolute atomic E-state index is 0.953. The first-order valence-electron chi connectivity index (χ1n) is 7.42. The van der Waals surface area contributed by atoms with Crippen LogP contribution in [0.25, 0.3) is 10.9 Å². The Bertz CT molecular complexity index is 602. The second-order valence-corrected chi connectivity index (χ2v) is 5.42. The van der Waals surface area contributed by atoms with Gasteiger partial charge in [0.25, 0.3) is 0 Å². The number of rotatable bonds is 3. The van der Waals surface area contributed by atoms with Crippen LogP contribution in [0.5, 0.6) is 0 Å². The molecule has 1 N–H and O–H groups in total. The van der Waals surface area contributed by atoms with Crippen LogP contribution in [0.1, 0.15) is 42.1 Å². The van der Waals surface area contributed by atoms with Gasteiger partial charge in [-0.2, -0.15) is 0 Å². The maximum atomic E-state index is 5.00. The standard InChI is InChI=1S/C17H22N2/c1-3-12-7-6-9-14-15(11-18-2)13-8-4-5-10-16(13)19-17(12)14/h6-7,9,18H,3-5,8,10-11H2,1-2H3. The summed E-state index contributed by atoms with van der Waals surface area (Å²) in [5, 5.41) is 4.69. The van der Waals surface area contributed by atoms with Crippen molar-refractivity contribution >= 4 is 10.9 Å². The zero-order valence-electron chi connectivity index (χ0n) is 11.9. The molecule has 0 atom stereocenters. The van der Waals surface area contributed by atoms with Crippen LogP contribution >= 0.6 is 0 Å². The molecule has 1 aromatic heterocycles. The average molecular weight is 254 g/mol. The number of pyridine rings is 1. The molecule has 2 heteroatoms. The summed E-state index contributed by atoms with van der Waals surface area (Å²) >= 11 is 0. The molecule has 0 aliphatic heterocycles. The van der Waals surface area contributed by atoms with Gasteiger partial charge < -0.3 is 5.32 Å². The number of fused-ring (bicyclic) bond motifs is 2. The quantitative estimate of drug-likeness (QED) is 0.908. The molecule has 19 heavy (non-hydrogen) atoms. The predicted molar refractivity (Wildman–Crippen MR) is 80.5 cm³/mol. The van der Waals surface area contributed by atoms with E-state index in [4.69, 9.17) is 4.98 Å². The summed E-state index contributed by atoms with van der Waals surface area (Å²) in [6.07, 6.45) is 6.01. The van der Waals surface area contributed by atoms with E-state index in [-0.39, 0.29) is 0 Å². The number of aromatic nitrogens is 1. The number of para-hydroxylation sites is 1. The first kappa shape index (κ1) is 12.6. The highest BCUT2D eigenvalue weighted by Crippen LogP contribution is 2.30. The lowest BCUT2D eigenvalue weighted by molar-refractivity contribution is 0.658. The van der Waals surface area contributed by atoms with Gasteiger partial charge in [0.15, 0.2) is 0 Å². The van der Waals surface area contributed by atoms with Gasteiger partial charge in [0, 0.05) is 17.6 Å². The Morgan fingerprint density at radius 2 is 2.05 bits per heavy atom. The van der Waals surface area contributed by atoms with E-state index in [1.54, 1.807) is 0 Å². The third kappa shape index (κ3) is 2.14. The molecular weight excluding hydrogens is 232 g/mol. The van der Waals surface area contributed by atoms with Gasteiger partial charge in [-0.05, 0) is 55.8 Å². The number of aryl methyl sites for hydroxylation is 2. The molecule has 0 unspecified atom stereocenters. The lowest BCUT2D eigenvalue weighted by Gasteiger charge is -2.21. The van der Waals surface area contributed by atoms with Crippen LogP contribution < -0.4 is 5.32 Å². The van der Waals surface area contributed by atoms with Crippen molar-refractivity contribution in [2.24, 2.45) is 0 Å². The van der Waals surface area contributed by atoms with E-state index in [0.29, 0.717) is 0 Å². The SMILES string of the molecule is CCc1cccc2c(CNC)c3c(nc12)CCCC3. The largest absolute Gasteiger partial charge is 0.316 e. The van der Waals surface area contributed by atoms with Crippen molar-refractivity contribution in [3.63, 3.8) is 0 Å². The second-order valence-electron chi connectivity index (χ2n) is 5.42. The van der Waals surface area contributed by atoms with E-state index in [0.717, 1.165) is 19.4 Å². The van der Waals surface area contributed by atoms with Gasteiger partial charge in [0.2, 0.25) is 0 Å². The van der Waals surface area contributed by atoms with Crippen molar-refractivity contribution in [3.05, 3.63) is 40.6 Å². The van der Waals surface area contributed by atoms with Crippen molar-refractivity contribution < 1.29 is 0 Å². The van der Waals surface area contributed by atoms with Crippen LogP contribution in [0.3, 0.4) is 0 Å². The second kappa shape index (κ2) is 5.30. The van der Waals surface area contributed by atoms with Gasteiger partial charge in [0.05, 0.1) is 5.52 Å². The van der Waals surface area contributed by atoms with E-state index >= 15 is 0 Å². The smallest absolute Gasteiger partial charge is 0.0740 e. The molecule has 2 nitrogen and oxygen atoms in total. The van der Waals surface area contributed by atoms with Crippen LogP contribution in [0.2, 0.25) is 0 Å². The topological polar surface area (TPSA) is 24.9 Å². The fourth-order valence-corrected chi connectivity index (χ4v) is 3.27. The zero-order valence-corrected chi connectivity index (χ0v) is 11.9. The highest BCUT2D eigenvalue weighted by molar-refractivity contribution is 5.86. The van der Waals surface area contributed by atoms with Crippen LogP contribution in [0.15, 0.2) is 18.2 Å². The molecular formula is C17H22N2. The van der Waals surface area contributed by atoms with Gasteiger partial charge in [-0.15, -0.1) is 0 Å². The summed E-state index contributed by atoms with van der Waals surface area (Å²) in [7, 11) is 2.03. The minimum Gasteiger partial charge on any atom is -0.316 e. The van der Waals surface area contributed by atoms with Crippen molar-refractivity contribution in [3.8, 4) is 0 Å². The number of benzene rings is 1. The monoisotopic (exact) mass is 254 g/mol. The Balaban J connectivity index is 2.31.